The first kappa shape index (κ1) is 18.4. The molecule has 0 N–H and O–H groups in total. The molecule has 1 heterocycles. The Morgan fingerprint density at radius 3 is 1.95 bits per heavy atom. The molecule has 0 aliphatic heterocycles. The highest BCUT2D eigenvalue weighted by atomic mass is 28.3. The van der Waals surface area contributed by atoms with Gasteiger partial charge in [-0.15, -0.1) is 0 Å². The van der Waals surface area contributed by atoms with Gasteiger partial charge >= 0.3 is 11.7 Å². The van der Waals surface area contributed by atoms with Gasteiger partial charge in [0.05, 0.1) is 12.0 Å². The van der Waals surface area contributed by atoms with E-state index in [2.05, 4.69) is 41.5 Å². The third-order valence-electron chi connectivity index (χ3n) is 4.63. The predicted octanol–water partition coefficient (Wildman–Crippen LogP) is 4.21. The van der Waals surface area contributed by atoms with E-state index in [4.69, 9.17) is 4.74 Å². The van der Waals surface area contributed by atoms with Crippen molar-refractivity contribution in [1.82, 2.24) is 4.23 Å². The molecule has 0 atom stereocenters. The zero-order valence-corrected chi connectivity index (χ0v) is 15.4. The highest BCUT2D eigenvalue weighted by molar-refractivity contribution is 6.82. The first-order valence-electron chi connectivity index (χ1n) is 7.56. The van der Waals surface area contributed by atoms with Crippen molar-refractivity contribution < 1.29 is 14.5 Å². The highest BCUT2D eigenvalue weighted by Crippen LogP contribution is 2.44. The maximum Gasteiger partial charge on any atom is 0.361 e. The minimum atomic E-state index is -2.24. The van der Waals surface area contributed by atoms with Crippen molar-refractivity contribution in [2.75, 3.05) is 7.11 Å². The molecule has 22 heavy (non-hydrogen) atoms. The molecule has 0 saturated carbocycles. The summed E-state index contributed by atoms with van der Waals surface area (Å²) >= 11 is 0. The smallest absolute Gasteiger partial charge is 0.361 e. The summed E-state index contributed by atoms with van der Waals surface area (Å²) in [6, 6.07) is 1.42. The van der Waals surface area contributed by atoms with Gasteiger partial charge in [0.1, 0.15) is 0 Å². The highest BCUT2D eigenvalue weighted by Gasteiger charge is 2.48. The summed E-state index contributed by atoms with van der Waals surface area (Å²) in [7, 11) is -0.984. The lowest BCUT2D eigenvalue weighted by molar-refractivity contribution is -0.385. The van der Waals surface area contributed by atoms with E-state index >= 15 is 0 Å². The summed E-state index contributed by atoms with van der Waals surface area (Å²) in [5, 5.41) is 11.3. The SMILES string of the molecule is COC(=O)c1c([N+](=O)[O-])ccn1[Si](C(C)C)(C(C)C)C(C)C. The molecule has 0 aliphatic rings. The average molecular weight is 326 g/mol. The predicted molar refractivity (Wildman–Crippen MR) is 88.9 cm³/mol. The summed E-state index contributed by atoms with van der Waals surface area (Å²) in [6.07, 6.45) is 1.70. The average Bonchev–Trinajstić information content (AvgIpc) is 2.82. The lowest BCUT2D eigenvalue weighted by Gasteiger charge is -2.44. The van der Waals surface area contributed by atoms with Crippen molar-refractivity contribution in [3.05, 3.63) is 28.1 Å². The molecule has 6 nitrogen and oxygen atoms in total. The van der Waals surface area contributed by atoms with Gasteiger partial charge in [-0.3, -0.25) is 10.1 Å². The Bertz CT molecular complexity index is 542. The maximum absolute atomic E-state index is 12.2. The molecule has 124 valence electrons. The number of rotatable bonds is 6. The number of methoxy groups -OCH3 is 1. The number of aromatic nitrogens is 1. The van der Waals surface area contributed by atoms with Gasteiger partial charge in [-0.25, -0.2) is 4.79 Å². The van der Waals surface area contributed by atoms with Crippen LogP contribution in [0.25, 0.3) is 0 Å². The molecule has 0 saturated heterocycles. The van der Waals surface area contributed by atoms with Crippen molar-refractivity contribution >= 4 is 19.9 Å². The van der Waals surface area contributed by atoms with E-state index in [1.807, 2.05) is 4.23 Å². The van der Waals surface area contributed by atoms with Crippen LogP contribution in [0.3, 0.4) is 0 Å². The number of nitrogens with zero attached hydrogens (tertiary/aromatic N) is 2. The Morgan fingerprint density at radius 1 is 1.18 bits per heavy atom. The Balaban J connectivity index is 3.77. The fourth-order valence-electron chi connectivity index (χ4n) is 4.03. The second-order valence-corrected chi connectivity index (χ2v) is 12.2. The molecule has 0 unspecified atom stereocenters. The molecule has 0 radical (unpaired) electrons. The van der Waals surface area contributed by atoms with Crippen LogP contribution in [0.5, 0.6) is 0 Å². The number of ether oxygens (including phenoxy) is 1. The minimum absolute atomic E-state index is 0.0790. The molecule has 7 heteroatoms. The van der Waals surface area contributed by atoms with Gasteiger partial charge in [0.15, 0.2) is 13.9 Å². The number of hydrogen-bond acceptors (Lipinski definition) is 4. The van der Waals surface area contributed by atoms with Crippen LogP contribution in [0.2, 0.25) is 16.6 Å². The topological polar surface area (TPSA) is 74.4 Å². The number of hydrogen-bond donors (Lipinski definition) is 0. The summed E-state index contributed by atoms with van der Waals surface area (Å²) in [5.41, 5.74) is 0.870. The first-order valence-corrected chi connectivity index (χ1v) is 9.74. The van der Waals surface area contributed by atoms with Crippen molar-refractivity contribution in [3.8, 4) is 0 Å². The van der Waals surface area contributed by atoms with Crippen LogP contribution in [0.1, 0.15) is 52.0 Å². The van der Waals surface area contributed by atoms with Gasteiger partial charge < -0.3 is 8.97 Å². The van der Waals surface area contributed by atoms with Crippen molar-refractivity contribution in [2.45, 2.75) is 58.2 Å². The second-order valence-electron chi connectivity index (χ2n) is 6.52. The number of carbonyl (C=O) groups is 1. The van der Waals surface area contributed by atoms with Gasteiger partial charge in [0.2, 0.25) is 0 Å². The van der Waals surface area contributed by atoms with E-state index in [0.29, 0.717) is 16.6 Å². The molecule has 1 aromatic heterocycles. The zero-order valence-electron chi connectivity index (χ0n) is 14.4. The molecule has 0 spiro atoms. The van der Waals surface area contributed by atoms with Crippen molar-refractivity contribution in [2.24, 2.45) is 0 Å². The summed E-state index contributed by atoms with van der Waals surface area (Å²) in [4.78, 5) is 23.0. The van der Waals surface area contributed by atoms with Crippen molar-refractivity contribution in [1.29, 1.82) is 0 Å². The van der Waals surface area contributed by atoms with Crippen LogP contribution < -0.4 is 0 Å². The molecule has 0 aromatic carbocycles. The van der Waals surface area contributed by atoms with Crippen LogP contribution in [0, 0.1) is 10.1 Å². The van der Waals surface area contributed by atoms with Gasteiger partial charge in [-0.1, -0.05) is 41.5 Å². The molecule has 1 rings (SSSR count). The van der Waals surface area contributed by atoms with E-state index < -0.39 is 19.1 Å². The Labute approximate surface area is 132 Å². The van der Waals surface area contributed by atoms with E-state index in [-0.39, 0.29) is 11.4 Å². The molecule has 1 aromatic rings. The molecule has 0 bridgehead atoms. The maximum atomic E-state index is 12.2. The Kier molecular flexibility index (Phi) is 5.56. The summed E-state index contributed by atoms with van der Waals surface area (Å²) in [5.74, 6) is -0.643. The molecular weight excluding hydrogens is 300 g/mol. The van der Waals surface area contributed by atoms with E-state index in [0.717, 1.165) is 0 Å². The first-order chi connectivity index (χ1) is 10.1. The lowest BCUT2D eigenvalue weighted by atomic mass is 10.4. The van der Waals surface area contributed by atoms with Crippen molar-refractivity contribution in [3.63, 3.8) is 0 Å². The lowest BCUT2D eigenvalue weighted by Crippen LogP contribution is -2.52. The van der Waals surface area contributed by atoms with Gasteiger partial charge in [-0.05, 0) is 16.6 Å². The molecule has 0 fully saturated rings. The molecular formula is C15H26N2O4Si. The third kappa shape index (κ3) is 2.69. The van der Waals surface area contributed by atoms with Crippen LogP contribution in [-0.2, 0) is 4.74 Å². The van der Waals surface area contributed by atoms with Gasteiger partial charge in [0, 0.05) is 12.3 Å². The number of nitro groups is 1. The second kappa shape index (κ2) is 6.64. The van der Waals surface area contributed by atoms with E-state index in [1.54, 1.807) is 6.20 Å². The largest absolute Gasteiger partial charge is 0.464 e. The van der Waals surface area contributed by atoms with Crippen LogP contribution in [0.15, 0.2) is 12.3 Å². The van der Waals surface area contributed by atoms with E-state index in [9.17, 15) is 14.9 Å². The quantitative estimate of drug-likeness (QED) is 0.340. The summed E-state index contributed by atoms with van der Waals surface area (Å²) < 4.78 is 6.72. The fraction of sp³-hybridized carbons (Fsp3) is 0.667. The Morgan fingerprint density at radius 2 is 1.64 bits per heavy atom. The zero-order chi connectivity index (χ0) is 17.2. The van der Waals surface area contributed by atoms with Crippen LogP contribution >= 0.6 is 0 Å². The Hall–Kier alpha value is -1.63. The molecule has 0 amide bonds. The van der Waals surface area contributed by atoms with E-state index in [1.165, 1.54) is 13.2 Å². The van der Waals surface area contributed by atoms with Crippen LogP contribution in [0.4, 0.5) is 5.69 Å². The standard InChI is InChI=1S/C15H26N2O4Si/c1-10(2)22(11(3)4,12(5)6)16-9-8-13(17(19)20)14(16)15(18)21-7/h8-12H,1-7H3. The number of carbonyl (C=O) groups excluding carboxylic acids is 1. The van der Waals surface area contributed by atoms with Gasteiger partial charge in [0.25, 0.3) is 0 Å². The monoisotopic (exact) mass is 326 g/mol. The summed E-state index contributed by atoms with van der Waals surface area (Å²) in [6.45, 7) is 12.8. The normalized spacial score (nSPS) is 12.3. The minimum Gasteiger partial charge on any atom is -0.464 e. The van der Waals surface area contributed by atoms with Crippen LogP contribution in [-0.4, -0.2) is 30.5 Å². The fourth-order valence-corrected chi connectivity index (χ4v) is 10.6. The van der Waals surface area contributed by atoms with Gasteiger partial charge in [-0.2, -0.15) is 0 Å². The number of esters is 1. The molecule has 0 aliphatic carbocycles. The third-order valence-corrected chi connectivity index (χ3v) is 11.4.